The first-order valence-electron chi connectivity index (χ1n) is 7.27. The highest BCUT2D eigenvalue weighted by molar-refractivity contribution is 5.79. The van der Waals surface area contributed by atoms with Crippen LogP contribution in [0, 0.1) is 0 Å². The topological polar surface area (TPSA) is 89.4 Å². The van der Waals surface area contributed by atoms with E-state index in [0.29, 0.717) is 0 Å². The summed E-state index contributed by atoms with van der Waals surface area (Å²) in [5, 5.41) is 10.4. The zero-order valence-corrected chi connectivity index (χ0v) is 11.7. The van der Waals surface area contributed by atoms with Crippen molar-refractivity contribution in [2.45, 2.75) is 38.5 Å². The SMILES string of the molecule is O=C(N=NC(=O)NN1CCCCC1)NN1CCCCC1. The molecule has 0 aromatic rings. The fourth-order valence-corrected chi connectivity index (χ4v) is 2.42. The van der Waals surface area contributed by atoms with E-state index < -0.39 is 12.1 Å². The molecule has 0 unspecified atom stereocenters. The third kappa shape index (κ3) is 5.22. The predicted octanol–water partition coefficient (Wildman–Crippen LogP) is 1.66. The number of nitrogens with one attached hydrogen (secondary N) is 2. The Hall–Kier alpha value is -1.54. The molecule has 2 N–H and O–H groups in total. The molecule has 2 fully saturated rings. The number of carbonyl (C=O) groups excluding carboxylic acids is 2. The summed E-state index contributed by atoms with van der Waals surface area (Å²) in [6.45, 7) is 3.28. The lowest BCUT2D eigenvalue weighted by Crippen LogP contribution is -2.44. The van der Waals surface area contributed by atoms with E-state index in [-0.39, 0.29) is 0 Å². The molecular formula is C12H22N6O2. The van der Waals surface area contributed by atoms with Crippen LogP contribution >= 0.6 is 0 Å². The Morgan fingerprint density at radius 3 is 1.35 bits per heavy atom. The molecule has 0 aromatic carbocycles. The highest BCUT2D eigenvalue weighted by atomic mass is 16.2. The van der Waals surface area contributed by atoms with Gasteiger partial charge in [-0.1, -0.05) is 23.1 Å². The molecular weight excluding hydrogens is 260 g/mol. The van der Waals surface area contributed by atoms with Gasteiger partial charge >= 0.3 is 12.1 Å². The van der Waals surface area contributed by atoms with Crippen LogP contribution in [0.5, 0.6) is 0 Å². The molecule has 2 heterocycles. The Morgan fingerprint density at radius 2 is 1.00 bits per heavy atom. The number of hydrogen-bond donors (Lipinski definition) is 2. The van der Waals surface area contributed by atoms with Crippen molar-refractivity contribution in [3.05, 3.63) is 0 Å². The highest BCUT2D eigenvalue weighted by Gasteiger charge is 2.14. The molecule has 2 saturated heterocycles. The van der Waals surface area contributed by atoms with E-state index in [4.69, 9.17) is 0 Å². The average molecular weight is 282 g/mol. The molecule has 2 aliphatic heterocycles. The van der Waals surface area contributed by atoms with E-state index in [0.717, 1.165) is 51.9 Å². The molecule has 112 valence electrons. The number of azo groups is 1. The van der Waals surface area contributed by atoms with E-state index in [2.05, 4.69) is 21.1 Å². The van der Waals surface area contributed by atoms with Gasteiger partial charge in [0.25, 0.3) is 0 Å². The van der Waals surface area contributed by atoms with Crippen molar-refractivity contribution in [2.75, 3.05) is 26.2 Å². The maximum Gasteiger partial charge on any atom is 0.374 e. The van der Waals surface area contributed by atoms with Crippen LogP contribution < -0.4 is 10.9 Å². The number of hydrazine groups is 2. The maximum absolute atomic E-state index is 11.5. The maximum atomic E-state index is 11.5. The first-order chi connectivity index (χ1) is 9.74. The smallest absolute Gasteiger partial charge is 0.267 e. The Kier molecular flexibility index (Phi) is 5.87. The Morgan fingerprint density at radius 1 is 0.650 bits per heavy atom. The van der Waals surface area contributed by atoms with Crippen molar-refractivity contribution < 1.29 is 9.59 Å². The summed E-state index contributed by atoms with van der Waals surface area (Å²) in [5.41, 5.74) is 5.24. The quantitative estimate of drug-likeness (QED) is 0.754. The Labute approximate surface area is 118 Å². The van der Waals surface area contributed by atoms with E-state index in [1.807, 2.05) is 10.0 Å². The van der Waals surface area contributed by atoms with Crippen LogP contribution in [0.25, 0.3) is 0 Å². The van der Waals surface area contributed by atoms with Crippen molar-refractivity contribution in [1.29, 1.82) is 0 Å². The second kappa shape index (κ2) is 7.91. The van der Waals surface area contributed by atoms with E-state index in [1.165, 1.54) is 12.8 Å². The van der Waals surface area contributed by atoms with Gasteiger partial charge < -0.3 is 0 Å². The summed E-state index contributed by atoms with van der Waals surface area (Å²) < 4.78 is 0. The van der Waals surface area contributed by atoms with Crippen molar-refractivity contribution in [3.8, 4) is 0 Å². The van der Waals surface area contributed by atoms with Crippen molar-refractivity contribution in [2.24, 2.45) is 10.2 Å². The van der Waals surface area contributed by atoms with Crippen LogP contribution in [0.1, 0.15) is 38.5 Å². The molecule has 0 atom stereocenters. The van der Waals surface area contributed by atoms with Crippen LogP contribution in [0.2, 0.25) is 0 Å². The lowest BCUT2D eigenvalue weighted by molar-refractivity contribution is 0.155. The van der Waals surface area contributed by atoms with Crippen molar-refractivity contribution in [3.63, 3.8) is 0 Å². The third-order valence-corrected chi connectivity index (χ3v) is 3.45. The summed E-state index contributed by atoms with van der Waals surface area (Å²) in [4.78, 5) is 23.0. The number of urea groups is 2. The number of rotatable bonds is 2. The Balaban J connectivity index is 1.67. The molecule has 8 nitrogen and oxygen atoms in total. The summed E-state index contributed by atoms with van der Waals surface area (Å²) >= 11 is 0. The van der Waals surface area contributed by atoms with Gasteiger partial charge in [-0.2, -0.15) is 0 Å². The minimum Gasteiger partial charge on any atom is -0.267 e. The highest BCUT2D eigenvalue weighted by Crippen LogP contribution is 2.06. The van der Waals surface area contributed by atoms with Gasteiger partial charge in [0.15, 0.2) is 0 Å². The van der Waals surface area contributed by atoms with Gasteiger partial charge in [0.05, 0.1) is 0 Å². The van der Waals surface area contributed by atoms with Crippen LogP contribution in [0.4, 0.5) is 9.59 Å². The van der Waals surface area contributed by atoms with Gasteiger partial charge in [0.1, 0.15) is 0 Å². The van der Waals surface area contributed by atoms with E-state index in [1.54, 1.807) is 0 Å². The number of nitrogens with zero attached hydrogens (tertiary/aromatic N) is 4. The fraction of sp³-hybridized carbons (Fsp3) is 0.833. The molecule has 0 bridgehead atoms. The van der Waals surface area contributed by atoms with E-state index in [9.17, 15) is 9.59 Å². The minimum atomic E-state index is -0.597. The summed E-state index contributed by atoms with van der Waals surface area (Å²) in [6, 6.07) is -1.19. The van der Waals surface area contributed by atoms with Gasteiger partial charge in [-0.05, 0) is 25.7 Å². The van der Waals surface area contributed by atoms with Gasteiger partial charge in [-0.3, -0.25) is 10.9 Å². The lowest BCUT2D eigenvalue weighted by Gasteiger charge is -2.26. The summed E-state index contributed by atoms with van der Waals surface area (Å²) in [6.07, 6.45) is 6.62. The zero-order chi connectivity index (χ0) is 14.2. The van der Waals surface area contributed by atoms with Gasteiger partial charge in [0.2, 0.25) is 0 Å². The molecule has 0 radical (unpaired) electrons. The number of carbonyl (C=O) groups is 2. The minimum absolute atomic E-state index is 0.597. The lowest BCUT2D eigenvalue weighted by atomic mass is 10.2. The molecule has 4 amide bonds. The number of hydrogen-bond acceptors (Lipinski definition) is 4. The molecule has 2 aliphatic rings. The summed E-state index contributed by atoms with van der Waals surface area (Å²) in [7, 11) is 0. The second-order valence-electron chi connectivity index (χ2n) is 5.13. The first-order valence-corrected chi connectivity index (χ1v) is 7.27. The van der Waals surface area contributed by atoms with E-state index >= 15 is 0 Å². The molecule has 20 heavy (non-hydrogen) atoms. The molecule has 0 spiro atoms. The van der Waals surface area contributed by atoms with Crippen molar-refractivity contribution in [1.82, 2.24) is 20.9 Å². The third-order valence-electron chi connectivity index (χ3n) is 3.45. The predicted molar refractivity (Wildman–Crippen MR) is 72.8 cm³/mol. The Bertz CT molecular complexity index is 327. The standard InChI is InChI=1S/C12H22N6O2/c19-11(15-17-7-3-1-4-8-17)13-14-12(20)16-18-9-5-2-6-10-18/h1-10H2,(H,15,19)(H,16,20). The first kappa shape index (κ1) is 14.9. The molecule has 8 heteroatoms. The number of piperidine rings is 2. The second-order valence-corrected chi connectivity index (χ2v) is 5.13. The van der Waals surface area contributed by atoms with Gasteiger partial charge in [-0.25, -0.2) is 19.6 Å². The van der Waals surface area contributed by atoms with Gasteiger partial charge in [0, 0.05) is 26.2 Å². The number of amides is 4. The van der Waals surface area contributed by atoms with Crippen LogP contribution in [-0.2, 0) is 0 Å². The molecule has 0 aromatic heterocycles. The summed E-state index contributed by atoms with van der Waals surface area (Å²) in [5.74, 6) is 0. The normalized spacial score (nSPS) is 21.8. The largest absolute Gasteiger partial charge is 0.374 e. The van der Waals surface area contributed by atoms with Crippen LogP contribution in [0.15, 0.2) is 10.2 Å². The van der Waals surface area contributed by atoms with Crippen LogP contribution in [-0.4, -0.2) is 48.3 Å². The zero-order valence-electron chi connectivity index (χ0n) is 11.7. The monoisotopic (exact) mass is 282 g/mol. The molecule has 0 aliphatic carbocycles. The van der Waals surface area contributed by atoms with Crippen LogP contribution in [0.3, 0.4) is 0 Å². The van der Waals surface area contributed by atoms with Gasteiger partial charge in [-0.15, -0.1) is 0 Å². The molecule has 2 rings (SSSR count). The van der Waals surface area contributed by atoms with Crippen molar-refractivity contribution >= 4 is 12.1 Å². The molecule has 0 saturated carbocycles. The average Bonchev–Trinajstić information content (AvgIpc) is 2.47. The fourth-order valence-electron chi connectivity index (χ4n) is 2.42.